The smallest absolute Gasteiger partial charge is 0.273 e. The van der Waals surface area contributed by atoms with Gasteiger partial charge in [0.15, 0.2) is 28.8 Å². The molecule has 0 aliphatic heterocycles. The number of carbonyl (C=O) groups excluding carboxylic acids is 1. The highest BCUT2D eigenvalue weighted by Crippen LogP contribution is 2.31. The molecule has 2 N–H and O–H groups in total. The molecule has 0 radical (unpaired) electrons. The number of hydrogen-bond donors (Lipinski definition) is 2. The first-order chi connectivity index (χ1) is 17.8. The fraction of sp³-hybridized carbons (Fsp3) is 0.407. The molecule has 0 saturated carbocycles. The van der Waals surface area contributed by atoms with E-state index in [1.807, 2.05) is 18.2 Å². The van der Waals surface area contributed by atoms with E-state index >= 15 is 0 Å². The number of hydrogen-bond acceptors (Lipinski definition) is 8. The van der Waals surface area contributed by atoms with Crippen molar-refractivity contribution in [1.82, 2.24) is 20.5 Å². The van der Waals surface area contributed by atoms with Gasteiger partial charge in [-0.15, -0.1) is 10.2 Å². The van der Waals surface area contributed by atoms with Gasteiger partial charge in [-0.1, -0.05) is 19.9 Å². The van der Waals surface area contributed by atoms with Gasteiger partial charge in [0, 0.05) is 24.9 Å². The molecule has 1 aromatic heterocycles. The molecule has 1 amide bonds. The van der Waals surface area contributed by atoms with Crippen LogP contribution in [0.1, 0.15) is 31.5 Å². The molecule has 3 rings (SSSR count). The fourth-order valence-electron chi connectivity index (χ4n) is 3.55. The molecule has 0 unspecified atom stereocenters. The summed E-state index contributed by atoms with van der Waals surface area (Å²) in [6.45, 7) is 5.14. The van der Waals surface area contributed by atoms with Gasteiger partial charge in [-0.2, -0.15) is 0 Å². The van der Waals surface area contributed by atoms with Gasteiger partial charge in [0.25, 0.3) is 5.56 Å². The first-order valence-electron chi connectivity index (χ1n) is 12.1. The predicted molar refractivity (Wildman–Crippen MR) is 140 cm³/mol. The minimum atomic E-state index is -0.387. The number of methoxy groups -OCH3 is 3. The third kappa shape index (κ3) is 7.70. The van der Waals surface area contributed by atoms with Crippen molar-refractivity contribution in [2.45, 2.75) is 33.1 Å². The third-order valence-corrected chi connectivity index (χ3v) is 5.55. The monoisotopic (exact) mass is 510 g/mol. The lowest BCUT2D eigenvalue weighted by atomic mass is 10.1. The molecule has 198 valence electrons. The number of rotatable bonds is 13. The number of H-pyrrole nitrogens is 1. The van der Waals surface area contributed by atoms with E-state index in [0.717, 1.165) is 5.56 Å². The maximum Gasteiger partial charge on any atom is 0.273 e. The molecule has 0 bridgehead atoms. The highest BCUT2D eigenvalue weighted by atomic mass is 16.5. The first kappa shape index (κ1) is 27.5. The third-order valence-electron chi connectivity index (χ3n) is 5.55. The van der Waals surface area contributed by atoms with Crippen LogP contribution >= 0.6 is 0 Å². The number of nitrogens with zero attached hydrogens (tertiary/aromatic N) is 2. The second kappa shape index (κ2) is 13.3. The van der Waals surface area contributed by atoms with Crippen LogP contribution in [0.4, 0.5) is 0 Å². The van der Waals surface area contributed by atoms with Crippen molar-refractivity contribution in [2.24, 2.45) is 5.92 Å². The Labute approximate surface area is 216 Å². The first-order valence-corrected chi connectivity index (χ1v) is 12.1. The van der Waals surface area contributed by atoms with Crippen LogP contribution < -0.4 is 29.8 Å². The van der Waals surface area contributed by atoms with Gasteiger partial charge in [-0.25, -0.2) is 0 Å². The van der Waals surface area contributed by atoms with E-state index in [1.54, 1.807) is 39.5 Å². The van der Waals surface area contributed by atoms with Gasteiger partial charge in [-0.05, 0) is 48.2 Å². The Bertz CT molecular complexity index is 1260. The molecular weight excluding hydrogens is 476 g/mol. The van der Waals surface area contributed by atoms with Crippen LogP contribution in [-0.2, 0) is 17.6 Å². The van der Waals surface area contributed by atoms with Crippen LogP contribution in [-0.4, -0.2) is 55.6 Å². The van der Waals surface area contributed by atoms with Crippen molar-refractivity contribution in [3.05, 3.63) is 58.0 Å². The minimum absolute atomic E-state index is 0.124. The lowest BCUT2D eigenvalue weighted by molar-refractivity contribution is -0.121. The normalized spacial score (nSPS) is 10.8. The van der Waals surface area contributed by atoms with Crippen molar-refractivity contribution in [3.8, 4) is 34.4 Å². The molecule has 0 fully saturated rings. The molecule has 0 aliphatic carbocycles. The van der Waals surface area contributed by atoms with Crippen LogP contribution in [0.2, 0.25) is 0 Å². The quantitative estimate of drug-likeness (QED) is 0.359. The molecule has 3 aromatic rings. The van der Waals surface area contributed by atoms with Crippen molar-refractivity contribution in [2.75, 3.05) is 34.5 Å². The summed E-state index contributed by atoms with van der Waals surface area (Å²) in [7, 11) is 4.72. The molecule has 0 atom stereocenters. The Hall–Kier alpha value is -4.08. The van der Waals surface area contributed by atoms with E-state index in [2.05, 4.69) is 34.3 Å². The summed E-state index contributed by atoms with van der Waals surface area (Å²) in [4.78, 5) is 27.6. The molecular formula is C27H34N4O6. The van der Waals surface area contributed by atoms with E-state index in [-0.39, 0.29) is 30.0 Å². The molecule has 1 heterocycles. The molecule has 0 spiro atoms. The number of aromatic nitrogens is 3. The number of aryl methyl sites for hydroxylation is 1. The minimum Gasteiger partial charge on any atom is -0.493 e. The van der Waals surface area contributed by atoms with Crippen molar-refractivity contribution >= 4 is 5.91 Å². The van der Waals surface area contributed by atoms with Crippen LogP contribution in [0.15, 0.2) is 41.2 Å². The van der Waals surface area contributed by atoms with Gasteiger partial charge in [-0.3, -0.25) is 9.59 Å². The zero-order valence-corrected chi connectivity index (χ0v) is 21.9. The molecule has 10 nitrogen and oxygen atoms in total. The maximum absolute atomic E-state index is 12.6. The van der Waals surface area contributed by atoms with Gasteiger partial charge in [0.1, 0.15) is 5.69 Å². The molecule has 0 aliphatic rings. The highest BCUT2D eigenvalue weighted by Gasteiger charge is 2.13. The van der Waals surface area contributed by atoms with Gasteiger partial charge >= 0.3 is 0 Å². The summed E-state index contributed by atoms with van der Waals surface area (Å²) >= 11 is 0. The van der Waals surface area contributed by atoms with Crippen molar-refractivity contribution < 1.29 is 23.7 Å². The van der Waals surface area contributed by atoms with Gasteiger partial charge < -0.3 is 29.2 Å². The molecule has 37 heavy (non-hydrogen) atoms. The fourth-order valence-corrected chi connectivity index (χ4v) is 3.55. The van der Waals surface area contributed by atoms with Crippen molar-refractivity contribution in [1.29, 1.82) is 0 Å². The number of ether oxygens (including phenoxy) is 4. The number of amides is 1. The summed E-state index contributed by atoms with van der Waals surface area (Å²) in [6, 6.07) is 10.9. The zero-order chi connectivity index (χ0) is 26.8. The van der Waals surface area contributed by atoms with Crippen LogP contribution in [0.5, 0.6) is 23.0 Å². The Morgan fingerprint density at radius 2 is 1.62 bits per heavy atom. The van der Waals surface area contributed by atoms with Gasteiger partial charge in [0.05, 0.1) is 27.9 Å². The molecule has 2 aromatic carbocycles. The predicted octanol–water partition coefficient (Wildman–Crippen LogP) is 3.18. The standard InChI is InChI=1S/C27H34N4O6/c1-17(2)16-37-22-10-7-19(15-24(22)36-5)26-29-27(33)20(30-31-26)8-11-25(32)28-13-12-18-6-9-21(34-3)23(14-18)35-4/h6-7,9-10,14-15,17H,8,11-13,16H2,1-5H3,(H,28,32)(H,29,31,33). The summed E-state index contributed by atoms with van der Waals surface area (Å²) in [6.07, 6.45) is 0.931. The summed E-state index contributed by atoms with van der Waals surface area (Å²) in [5.41, 5.74) is 1.45. The average molecular weight is 511 g/mol. The van der Waals surface area contributed by atoms with E-state index in [4.69, 9.17) is 18.9 Å². The van der Waals surface area contributed by atoms with Crippen LogP contribution in [0.3, 0.4) is 0 Å². The Morgan fingerprint density at radius 1 is 0.919 bits per heavy atom. The second-order valence-electron chi connectivity index (χ2n) is 8.81. The SMILES string of the molecule is COc1ccc(CCNC(=O)CCc2nnc(-c3ccc(OCC(C)C)c(OC)c3)[nH]c2=O)cc1OC. The van der Waals surface area contributed by atoms with Crippen molar-refractivity contribution in [3.63, 3.8) is 0 Å². The lowest BCUT2D eigenvalue weighted by Gasteiger charge is -2.13. The molecule has 0 saturated heterocycles. The number of nitrogens with one attached hydrogen (secondary N) is 2. The number of aromatic amines is 1. The lowest BCUT2D eigenvalue weighted by Crippen LogP contribution is -2.27. The summed E-state index contributed by atoms with van der Waals surface area (Å²) in [5, 5.41) is 11.1. The highest BCUT2D eigenvalue weighted by molar-refractivity contribution is 5.76. The Morgan fingerprint density at radius 3 is 2.30 bits per heavy atom. The Kier molecular flexibility index (Phi) is 9.88. The largest absolute Gasteiger partial charge is 0.493 e. The summed E-state index contributed by atoms with van der Waals surface area (Å²) < 4.78 is 21.7. The maximum atomic E-state index is 12.6. The van der Waals surface area contributed by atoms with E-state index < -0.39 is 0 Å². The van der Waals surface area contributed by atoms with E-state index in [0.29, 0.717) is 59.9 Å². The van der Waals surface area contributed by atoms with Gasteiger partial charge in [0.2, 0.25) is 5.91 Å². The second-order valence-corrected chi connectivity index (χ2v) is 8.81. The van der Waals surface area contributed by atoms with Crippen LogP contribution in [0.25, 0.3) is 11.4 Å². The van der Waals surface area contributed by atoms with E-state index in [1.165, 1.54) is 0 Å². The molecule has 10 heteroatoms. The average Bonchev–Trinajstić information content (AvgIpc) is 2.90. The Balaban J connectivity index is 1.54. The van der Waals surface area contributed by atoms with Crippen LogP contribution in [0, 0.1) is 5.92 Å². The zero-order valence-electron chi connectivity index (χ0n) is 21.9. The number of carbonyl (C=O) groups is 1. The van der Waals surface area contributed by atoms with E-state index in [9.17, 15) is 9.59 Å². The topological polar surface area (TPSA) is 125 Å². The summed E-state index contributed by atoms with van der Waals surface area (Å²) in [5.74, 6) is 2.95. The number of benzene rings is 2.